The first-order valence-corrected chi connectivity index (χ1v) is 6.87. The number of hydrogen-bond donors (Lipinski definition) is 1. The normalized spacial score (nSPS) is 18.8. The van der Waals surface area contributed by atoms with Gasteiger partial charge in [-0.15, -0.1) is 0 Å². The molecule has 1 aromatic rings. The maximum atomic E-state index is 12.8. The minimum atomic E-state index is -0.281. The van der Waals surface area contributed by atoms with Crippen molar-refractivity contribution in [1.82, 2.24) is 10.2 Å². The Kier molecular flexibility index (Phi) is 4.98. The van der Waals surface area contributed by atoms with Crippen LogP contribution in [0.5, 0.6) is 0 Å². The predicted octanol–water partition coefficient (Wildman–Crippen LogP) is 2.95. The van der Waals surface area contributed by atoms with E-state index in [1.165, 1.54) is 5.56 Å². The van der Waals surface area contributed by atoms with E-state index in [2.05, 4.69) is 17.1 Å². The lowest BCUT2D eigenvalue weighted by Gasteiger charge is -2.35. The van der Waals surface area contributed by atoms with E-state index in [1.807, 2.05) is 18.2 Å². The summed E-state index contributed by atoms with van der Waals surface area (Å²) in [7, 11) is 0. The standard InChI is InChI=1S/C14H20ClFN2/c1-11-10-12(15)2-3-13(11)14(4-5-16)18-8-6-17-7-9-18/h2-3,10,14,17H,4-9H2,1H3/t14-/m1/s1. The number of hydrogen-bond acceptors (Lipinski definition) is 2. The summed E-state index contributed by atoms with van der Waals surface area (Å²) in [6.07, 6.45) is 0.558. The number of rotatable bonds is 4. The van der Waals surface area contributed by atoms with Gasteiger partial charge in [-0.25, -0.2) is 0 Å². The van der Waals surface area contributed by atoms with Crippen LogP contribution in [0.15, 0.2) is 18.2 Å². The Morgan fingerprint density at radius 2 is 2.11 bits per heavy atom. The Hall–Kier alpha value is -0.640. The summed E-state index contributed by atoms with van der Waals surface area (Å²) >= 11 is 5.99. The molecular formula is C14H20ClFN2. The number of piperazine rings is 1. The predicted molar refractivity (Wildman–Crippen MR) is 74.0 cm³/mol. The van der Waals surface area contributed by atoms with Gasteiger partial charge in [0.1, 0.15) is 0 Å². The quantitative estimate of drug-likeness (QED) is 0.905. The van der Waals surface area contributed by atoms with Crippen molar-refractivity contribution >= 4 is 11.6 Å². The second kappa shape index (κ2) is 6.50. The summed E-state index contributed by atoms with van der Waals surface area (Å²) in [5.74, 6) is 0. The fourth-order valence-corrected chi connectivity index (χ4v) is 2.87. The molecule has 0 amide bonds. The molecule has 4 heteroatoms. The minimum Gasteiger partial charge on any atom is -0.314 e. The van der Waals surface area contributed by atoms with Crippen LogP contribution in [0.4, 0.5) is 4.39 Å². The van der Waals surface area contributed by atoms with Gasteiger partial charge in [0.15, 0.2) is 0 Å². The van der Waals surface area contributed by atoms with Crippen molar-refractivity contribution in [1.29, 1.82) is 0 Å². The van der Waals surface area contributed by atoms with Gasteiger partial charge in [0.25, 0.3) is 0 Å². The number of halogens is 2. The third-order valence-electron chi connectivity index (χ3n) is 3.57. The zero-order valence-corrected chi connectivity index (χ0v) is 11.5. The zero-order chi connectivity index (χ0) is 13.0. The molecule has 2 rings (SSSR count). The van der Waals surface area contributed by atoms with Crippen molar-refractivity contribution < 1.29 is 4.39 Å². The number of alkyl halides is 1. The maximum absolute atomic E-state index is 12.8. The fourth-order valence-electron chi connectivity index (χ4n) is 2.64. The molecule has 0 bridgehead atoms. The lowest BCUT2D eigenvalue weighted by molar-refractivity contribution is 0.157. The van der Waals surface area contributed by atoms with Crippen molar-refractivity contribution in [2.75, 3.05) is 32.9 Å². The Bertz CT molecular complexity index is 391. The van der Waals surface area contributed by atoms with Crippen LogP contribution in [0.1, 0.15) is 23.6 Å². The average Bonchev–Trinajstić information content (AvgIpc) is 2.38. The van der Waals surface area contributed by atoms with Gasteiger partial charge in [0, 0.05) is 37.2 Å². The smallest absolute Gasteiger partial charge is 0.0912 e. The molecule has 0 aromatic heterocycles. The SMILES string of the molecule is Cc1cc(Cl)ccc1[C@@H](CCF)N1CCNCC1. The van der Waals surface area contributed by atoms with Gasteiger partial charge >= 0.3 is 0 Å². The molecule has 0 aliphatic carbocycles. The Morgan fingerprint density at radius 3 is 2.72 bits per heavy atom. The molecule has 18 heavy (non-hydrogen) atoms. The van der Waals surface area contributed by atoms with Crippen LogP contribution in [0.2, 0.25) is 5.02 Å². The van der Waals surface area contributed by atoms with E-state index in [4.69, 9.17) is 11.6 Å². The topological polar surface area (TPSA) is 15.3 Å². The molecule has 100 valence electrons. The molecule has 1 heterocycles. The summed E-state index contributed by atoms with van der Waals surface area (Å²) in [6.45, 7) is 5.69. The van der Waals surface area contributed by atoms with Gasteiger partial charge in [-0.05, 0) is 36.6 Å². The lowest BCUT2D eigenvalue weighted by Crippen LogP contribution is -2.45. The molecule has 1 aliphatic heterocycles. The Labute approximate surface area is 113 Å². The van der Waals surface area contributed by atoms with Crippen LogP contribution in [-0.2, 0) is 0 Å². The molecule has 0 unspecified atom stereocenters. The van der Waals surface area contributed by atoms with Gasteiger partial charge in [-0.1, -0.05) is 17.7 Å². The molecule has 0 saturated carbocycles. The van der Waals surface area contributed by atoms with Crippen LogP contribution < -0.4 is 5.32 Å². The molecule has 1 N–H and O–H groups in total. The zero-order valence-electron chi connectivity index (χ0n) is 10.8. The number of aryl methyl sites for hydroxylation is 1. The first-order valence-electron chi connectivity index (χ1n) is 6.49. The van der Waals surface area contributed by atoms with Crippen molar-refractivity contribution in [3.05, 3.63) is 34.3 Å². The second-order valence-corrected chi connectivity index (χ2v) is 5.22. The molecule has 1 aromatic carbocycles. The van der Waals surface area contributed by atoms with Gasteiger partial charge in [0.05, 0.1) is 6.67 Å². The highest BCUT2D eigenvalue weighted by Crippen LogP contribution is 2.29. The maximum Gasteiger partial charge on any atom is 0.0912 e. The summed E-state index contributed by atoms with van der Waals surface area (Å²) in [4.78, 5) is 2.37. The molecule has 2 nitrogen and oxygen atoms in total. The monoisotopic (exact) mass is 270 g/mol. The van der Waals surface area contributed by atoms with Crippen LogP contribution in [0.3, 0.4) is 0 Å². The van der Waals surface area contributed by atoms with Crippen molar-refractivity contribution in [3.8, 4) is 0 Å². The molecule has 0 radical (unpaired) electrons. The Balaban J connectivity index is 2.22. The molecule has 1 saturated heterocycles. The number of nitrogens with one attached hydrogen (secondary N) is 1. The summed E-state index contributed by atoms with van der Waals surface area (Å²) in [5, 5.41) is 4.08. The van der Waals surface area contributed by atoms with E-state index in [-0.39, 0.29) is 12.7 Å². The molecule has 1 atom stereocenters. The summed E-state index contributed by atoms with van der Waals surface area (Å²) in [5.41, 5.74) is 2.36. The third-order valence-corrected chi connectivity index (χ3v) is 3.80. The van der Waals surface area contributed by atoms with E-state index in [0.29, 0.717) is 6.42 Å². The van der Waals surface area contributed by atoms with Crippen molar-refractivity contribution in [2.24, 2.45) is 0 Å². The number of benzene rings is 1. The molecule has 1 aliphatic rings. The largest absolute Gasteiger partial charge is 0.314 e. The first kappa shape index (κ1) is 13.8. The highest BCUT2D eigenvalue weighted by Gasteiger charge is 2.23. The fraction of sp³-hybridized carbons (Fsp3) is 0.571. The van der Waals surface area contributed by atoms with E-state index < -0.39 is 0 Å². The third kappa shape index (κ3) is 3.22. The second-order valence-electron chi connectivity index (χ2n) is 4.78. The van der Waals surface area contributed by atoms with Gasteiger partial charge in [-0.3, -0.25) is 9.29 Å². The van der Waals surface area contributed by atoms with Gasteiger partial charge in [0.2, 0.25) is 0 Å². The van der Waals surface area contributed by atoms with Crippen LogP contribution in [-0.4, -0.2) is 37.8 Å². The van der Waals surface area contributed by atoms with E-state index in [1.54, 1.807) is 0 Å². The van der Waals surface area contributed by atoms with Gasteiger partial charge in [-0.2, -0.15) is 0 Å². The van der Waals surface area contributed by atoms with E-state index >= 15 is 0 Å². The first-order chi connectivity index (χ1) is 8.72. The van der Waals surface area contributed by atoms with Crippen LogP contribution in [0.25, 0.3) is 0 Å². The average molecular weight is 271 g/mol. The molecule has 0 spiro atoms. The highest BCUT2D eigenvalue weighted by molar-refractivity contribution is 6.30. The Morgan fingerprint density at radius 1 is 1.39 bits per heavy atom. The van der Waals surface area contributed by atoms with Gasteiger partial charge < -0.3 is 5.32 Å². The van der Waals surface area contributed by atoms with E-state index in [9.17, 15) is 4.39 Å². The number of nitrogens with zero attached hydrogens (tertiary/aromatic N) is 1. The minimum absolute atomic E-state index is 0.175. The van der Waals surface area contributed by atoms with Crippen LogP contribution in [0, 0.1) is 6.92 Å². The van der Waals surface area contributed by atoms with E-state index in [0.717, 1.165) is 36.8 Å². The molecular weight excluding hydrogens is 251 g/mol. The lowest BCUT2D eigenvalue weighted by atomic mass is 9.97. The summed E-state index contributed by atoms with van der Waals surface area (Å²) < 4.78 is 12.8. The molecule has 1 fully saturated rings. The van der Waals surface area contributed by atoms with Crippen LogP contribution >= 0.6 is 11.6 Å². The highest BCUT2D eigenvalue weighted by atomic mass is 35.5. The summed E-state index contributed by atoms with van der Waals surface area (Å²) in [6, 6.07) is 6.08. The van der Waals surface area contributed by atoms with Crippen molar-refractivity contribution in [3.63, 3.8) is 0 Å². The van der Waals surface area contributed by atoms with Crippen molar-refractivity contribution in [2.45, 2.75) is 19.4 Å².